The van der Waals surface area contributed by atoms with Crippen molar-refractivity contribution >= 4 is 17.9 Å². The lowest BCUT2D eigenvalue weighted by Crippen LogP contribution is -2.44. The zero-order chi connectivity index (χ0) is 61.9. The maximum atomic E-state index is 12.9. The van der Waals surface area contributed by atoms with Crippen molar-refractivity contribution in [1.82, 2.24) is 0 Å². The van der Waals surface area contributed by atoms with Crippen LogP contribution in [-0.2, 0) is 33.3 Å². The number of carboxylic acid groups (broad SMARTS) is 1. The van der Waals surface area contributed by atoms with Crippen molar-refractivity contribution in [3.63, 3.8) is 0 Å². The van der Waals surface area contributed by atoms with Gasteiger partial charge in [0, 0.05) is 12.8 Å². The SMILES string of the molecule is CC/C=C\C/C=C\C/C=C\C/C=C\C/C=C\C/C=C\C/C=C\C/C=C\C/C=C\CCCCCC(=O)OC(COC(=O)CCCCCCCCCCCCCCCCCC/C=C\C/C=C\C/C=C\C/C=C\CC)COC(OCC[N+](C)(C)C)C(=O)[O-]. The second-order valence-electron chi connectivity index (χ2n) is 23.0. The van der Waals surface area contributed by atoms with E-state index in [0.717, 1.165) is 122 Å². The zero-order valence-corrected chi connectivity index (χ0v) is 54.7. The van der Waals surface area contributed by atoms with Crippen molar-refractivity contribution in [3.05, 3.63) is 158 Å². The van der Waals surface area contributed by atoms with Crippen molar-refractivity contribution in [1.29, 1.82) is 0 Å². The summed E-state index contributed by atoms with van der Waals surface area (Å²) in [6, 6.07) is 0. The van der Waals surface area contributed by atoms with Gasteiger partial charge in [0.1, 0.15) is 13.2 Å². The van der Waals surface area contributed by atoms with Crippen LogP contribution in [0.5, 0.6) is 0 Å². The summed E-state index contributed by atoms with van der Waals surface area (Å²) >= 11 is 0. The van der Waals surface area contributed by atoms with E-state index < -0.39 is 24.3 Å². The van der Waals surface area contributed by atoms with Crippen molar-refractivity contribution in [3.8, 4) is 0 Å². The van der Waals surface area contributed by atoms with Gasteiger partial charge >= 0.3 is 11.9 Å². The van der Waals surface area contributed by atoms with Crippen LogP contribution in [0.3, 0.4) is 0 Å². The van der Waals surface area contributed by atoms with E-state index in [0.29, 0.717) is 17.4 Å². The average Bonchev–Trinajstić information content (AvgIpc) is 3.49. The topological polar surface area (TPSA) is 111 Å². The van der Waals surface area contributed by atoms with Crippen molar-refractivity contribution in [2.24, 2.45) is 0 Å². The highest BCUT2D eigenvalue weighted by molar-refractivity contribution is 5.70. The highest BCUT2D eigenvalue weighted by Crippen LogP contribution is 2.16. The number of likely N-dealkylation sites (N-methyl/N-ethyl adjacent to an activating group) is 1. The molecule has 480 valence electrons. The monoisotopic (exact) mass is 1180 g/mol. The lowest BCUT2D eigenvalue weighted by atomic mass is 10.0. The molecule has 9 heteroatoms. The fourth-order valence-electron chi connectivity index (χ4n) is 8.70. The minimum atomic E-state index is -1.64. The fourth-order valence-corrected chi connectivity index (χ4v) is 8.70. The highest BCUT2D eigenvalue weighted by atomic mass is 16.7. The molecule has 0 rings (SSSR count). The molecule has 0 bridgehead atoms. The molecule has 0 aliphatic heterocycles. The third-order valence-corrected chi connectivity index (χ3v) is 13.8. The molecule has 0 fully saturated rings. The molecule has 0 N–H and O–H groups in total. The predicted octanol–water partition coefficient (Wildman–Crippen LogP) is 19.6. The minimum Gasteiger partial charge on any atom is -0.545 e. The van der Waals surface area contributed by atoms with E-state index in [1.807, 2.05) is 21.1 Å². The summed E-state index contributed by atoms with van der Waals surface area (Å²) in [5, 5.41) is 11.8. The molecule has 0 radical (unpaired) electrons. The summed E-state index contributed by atoms with van der Waals surface area (Å²) in [4.78, 5) is 37.5. The van der Waals surface area contributed by atoms with Gasteiger partial charge in [-0.05, 0) is 122 Å². The highest BCUT2D eigenvalue weighted by Gasteiger charge is 2.22. The Morgan fingerprint density at radius 3 is 0.953 bits per heavy atom. The van der Waals surface area contributed by atoms with E-state index in [1.165, 1.54) is 89.9 Å². The van der Waals surface area contributed by atoms with Crippen molar-refractivity contribution in [2.45, 2.75) is 257 Å². The smallest absolute Gasteiger partial charge is 0.306 e. The van der Waals surface area contributed by atoms with Gasteiger partial charge in [0.2, 0.25) is 0 Å². The second-order valence-corrected chi connectivity index (χ2v) is 23.0. The number of ether oxygens (including phenoxy) is 4. The van der Waals surface area contributed by atoms with Gasteiger partial charge in [0.15, 0.2) is 12.4 Å². The van der Waals surface area contributed by atoms with Crippen LogP contribution in [0.4, 0.5) is 0 Å². The van der Waals surface area contributed by atoms with Gasteiger partial charge in [-0.1, -0.05) is 268 Å². The van der Waals surface area contributed by atoms with Crippen LogP contribution >= 0.6 is 0 Å². The van der Waals surface area contributed by atoms with Crippen molar-refractivity contribution in [2.75, 3.05) is 47.5 Å². The Kier molecular flexibility index (Phi) is 61.0. The maximum absolute atomic E-state index is 12.9. The lowest BCUT2D eigenvalue weighted by molar-refractivity contribution is -0.870. The molecule has 2 atom stereocenters. The number of aliphatic carboxylic acids is 1. The third kappa shape index (κ3) is 66.3. The number of rotatable bonds is 60. The Morgan fingerprint density at radius 2 is 0.635 bits per heavy atom. The number of quaternary nitrogens is 1. The Balaban J connectivity index is 4.26. The predicted molar refractivity (Wildman–Crippen MR) is 361 cm³/mol. The Hall–Kier alpha value is -5.09. The molecular formula is C76H123NO8. The quantitative estimate of drug-likeness (QED) is 0.0195. The van der Waals surface area contributed by atoms with Crippen LogP contribution in [0.2, 0.25) is 0 Å². The van der Waals surface area contributed by atoms with Crippen LogP contribution in [0.15, 0.2) is 158 Å². The normalized spacial score (nSPS) is 13.8. The summed E-state index contributed by atoms with van der Waals surface area (Å²) in [5.74, 6) is -2.34. The Morgan fingerprint density at radius 1 is 0.353 bits per heavy atom. The number of esters is 2. The molecule has 0 saturated heterocycles. The molecule has 85 heavy (non-hydrogen) atoms. The van der Waals surface area contributed by atoms with Gasteiger partial charge in [0.05, 0.1) is 40.3 Å². The van der Waals surface area contributed by atoms with Crippen LogP contribution in [0.1, 0.15) is 245 Å². The molecule has 2 unspecified atom stereocenters. The number of carboxylic acids is 1. The van der Waals surface area contributed by atoms with Crippen molar-refractivity contribution < 1.29 is 42.9 Å². The Bertz CT molecular complexity index is 1950. The average molecular weight is 1180 g/mol. The van der Waals surface area contributed by atoms with E-state index in [4.69, 9.17) is 18.9 Å². The van der Waals surface area contributed by atoms with E-state index in [-0.39, 0.29) is 38.6 Å². The Labute approximate surface area is 521 Å². The number of allylic oxidation sites excluding steroid dienone is 26. The minimum absolute atomic E-state index is 0.133. The standard InChI is InChI=1S/C76H123NO8/c1-6-8-10-12-14-16-18-20-22-24-26-28-30-32-34-36-37-39-41-43-45-47-49-51-53-55-57-59-61-63-65-67-74(79)85-72(71-84-76(75(80)81)82-69-68-77(3,4)5)70-83-73(78)66-64-62-60-58-56-54-52-50-48-46-44-42-40-38-35-33-31-29-27-25-23-21-19-17-15-13-11-9-7-2/h8-11,14-17,20-23,26-29,32,34,37,39,43,45,49,51,55,57,72,76H,6-7,12-13,18-19,24-25,30-31,33,35-36,38,40-42,44,46-48,50,52-54,56,58-71H2,1-5H3/b10-8-,11-9-,16-14-,17-15-,22-20-,23-21-,28-26-,29-27-,34-32-,39-37-,45-43-,51-49-,57-55-. The summed E-state index contributed by atoms with van der Waals surface area (Å²) < 4.78 is 22.7. The van der Waals surface area contributed by atoms with Gasteiger partial charge in [-0.3, -0.25) is 9.59 Å². The first-order chi connectivity index (χ1) is 41.6. The van der Waals surface area contributed by atoms with E-state index in [1.54, 1.807) is 0 Å². The van der Waals surface area contributed by atoms with Gasteiger partial charge in [-0.25, -0.2) is 0 Å². The second kappa shape index (κ2) is 64.9. The number of nitrogens with zero attached hydrogens (tertiary/aromatic N) is 1. The molecule has 0 aromatic carbocycles. The summed E-state index contributed by atoms with van der Waals surface area (Å²) in [6.07, 6.45) is 93.1. The van der Waals surface area contributed by atoms with Crippen LogP contribution in [-0.4, -0.2) is 82.3 Å². The zero-order valence-electron chi connectivity index (χ0n) is 54.7. The van der Waals surface area contributed by atoms with Crippen LogP contribution < -0.4 is 5.11 Å². The molecule has 0 spiro atoms. The lowest BCUT2D eigenvalue weighted by Gasteiger charge is -2.26. The number of carbonyl (C=O) groups excluding carboxylic acids is 3. The molecular weight excluding hydrogens is 1050 g/mol. The van der Waals surface area contributed by atoms with Crippen LogP contribution in [0.25, 0.3) is 0 Å². The fraction of sp³-hybridized carbons (Fsp3) is 0.618. The third-order valence-electron chi connectivity index (χ3n) is 13.8. The molecule has 0 aromatic heterocycles. The van der Waals surface area contributed by atoms with Gasteiger partial charge < -0.3 is 33.3 Å². The number of unbranched alkanes of at least 4 members (excludes halogenated alkanes) is 19. The first kappa shape index (κ1) is 79.9. The largest absolute Gasteiger partial charge is 0.545 e. The molecule has 0 amide bonds. The van der Waals surface area contributed by atoms with Crippen LogP contribution in [0, 0.1) is 0 Å². The first-order valence-corrected chi connectivity index (χ1v) is 33.6. The number of hydrogen-bond donors (Lipinski definition) is 0. The molecule has 9 nitrogen and oxygen atoms in total. The summed E-state index contributed by atoms with van der Waals surface area (Å²) in [7, 11) is 5.91. The van der Waals surface area contributed by atoms with E-state index in [2.05, 4.69) is 172 Å². The molecule has 0 aromatic rings. The molecule has 0 saturated carbocycles. The molecule has 0 aliphatic carbocycles. The van der Waals surface area contributed by atoms with Gasteiger partial charge in [-0.2, -0.15) is 0 Å². The van der Waals surface area contributed by atoms with Gasteiger partial charge in [0.25, 0.3) is 0 Å². The van der Waals surface area contributed by atoms with E-state index in [9.17, 15) is 19.5 Å². The molecule has 0 heterocycles. The first-order valence-electron chi connectivity index (χ1n) is 33.6. The number of carbonyl (C=O) groups is 3. The summed E-state index contributed by atoms with van der Waals surface area (Å²) in [5.41, 5.74) is 0. The summed E-state index contributed by atoms with van der Waals surface area (Å²) in [6.45, 7) is 4.47. The number of hydrogen-bond acceptors (Lipinski definition) is 8. The van der Waals surface area contributed by atoms with E-state index >= 15 is 0 Å². The van der Waals surface area contributed by atoms with Gasteiger partial charge in [-0.15, -0.1) is 0 Å². The molecule has 0 aliphatic rings. The maximum Gasteiger partial charge on any atom is 0.306 e.